The Labute approximate surface area is 160 Å². The number of amides is 1. The Morgan fingerprint density at radius 3 is 2.46 bits per heavy atom. The Balaban J connectivity index is 1.91. The first-order valence-electron chi connectivity index (χ1n) is 7.50. The SMILES string of the molecule is COc1ccc(CN(C)C(=O)COC(=O)c2ccc(Cl)c(Cl)c2)cc1F. The quantitative estimate of drug-likeness (QED) is 0.689. The van der Waals surface area contributed by atoms with Gasteiger partial charge in [0.1, 0.15) is 0 Å². The lowest BCUT2D eigenvalue weighted by Crippen LogP contribution is -2.30. The Kier molecular flexibility index (Phi) is 6.83. The highest BCUT2D eigenvalue weighted by atomic mass is 35.5. The number of ether oxygens (including phenoxy) is 2. The fraction of sp³-hybridized carbons (Fsp3) is 0.222. The first kappa shape index (κ1) is 20.0. The van der Waals surface area contributed by atoms with Gasteiger partial charge in [-0.15, -0.1) is 0 Å². The van der Waals surface area contributed by atoms with Crippen LogP contribution in [-0.2, 0) is 16.1 Å². The minimum absolute atomic E-state index is 0.123. The zero-order chi connectivity index (χ0) is 19.3. The molecule has 5 nitrogen and oxygen atoms in total. The summed E-state index contributed by atoms with van der Waals surface area (Å²) in [6.07, 6.45) is 0. The number of nitrogens with zero attached hydrogens (tertiary/aromatic N) is 1. The standard InChI is InChI=1S/C18H16Cl2FNO4/c1-22(9-11-3-6-16(25-2)15(21)7-11)17(23)10-26-18(24)12-4-5-13(19)14(20)8-12/h3-8H,9-10H2,1-2H3. The minimum Gasteiger partial charge on any atom is -0.494 e. The van der Waals surface area contributed by atoms with Gasteiger partial charge in [-0.05, 0) is 35.9 Å². The lowest BCUT2D eigenvalue weighted by Gasteiger charge is -2.17. The average Bonchev–Trinajstić information content (AvgIpc) is 2.61. The molecule has 26 heavy (non-hydrogen) atoms. The third kappa shape index (κ3) is 5.09. The van der Waals surface area contributed by atoms with Crippen LogP contribution in [0.1, 0.15) is 15.9 Å². The smallest absolute Gasteiger partial charge is 0.338 e. The molecule has 138 valence electrons. The summed E-state index contributed by atoms with van der Waals surface area (Å²) < 4.78 is 23.5. The Bertz CT molecular complexity index is 829. The zero-order valence-electron chi connectivity index (χ0n) is 14.1. The van der Waals surface area contributed by atoms with Crippen LogP contribution in [0.4, 0.5) is 4.39 Å². The van der Waals surface area contributed by atoms with Gasteiger partial charge in [0.15, 0.2) is 18.2 Å². The van der Waals surface area contributed by atoms with Gasteiger partial charge in [0.2, 0.25) is 0 Å². The highest BCUT2D eigenvalue weighted by Crippen LogP contribution is 2.23. The molecule has 0 atom stereocenters. The zero-order valence-corrected chi connectivity index (χ0v) is 15.6. The van der Waals surface area contributed by atoms with Crippen molar-refractivity contribution in [1.29, 1.82) is 0 Å². The Morgan fingerprint density at radius 1 is 1.12 bits per heavy atom. The summed E-state index contributed by atoms with van der Waals surface area (Å²) in [5.41, 5.74) is 0.766. The van der Waals surface area contributed by atoms with Crippen LogP contribution >= 0.6 is 23.2 Å². The number of esters is 1. The Hall–Kier alpha value is -2.31. The molecule has 0 aromatic heterocycles. The third-order valence-corrected chi connectivity index (χ3v) is 4.28. The topological polar surface area (TPSA) is 55.8 Å². The van der Waals surface area contributed by atoms with Crippen molar-refractivity contribution < 1.29 is 23.5 Å². The van der Waals surface area contributed by atoms with Crippen LogP contribution in [0, 0.1) is 5.82 Å². The molecule has 0 aliphatic carbocycles. The largest absolute Gasteiger partial charge is 0.494 e. The molecule has 8 heteroatoms. The van der Waals surface area contributed by atoms with E-state index in [0.29, 0.717) is 10.6 Å². The molecule has 0 aliphatic heterocycles. The van der Waals surface area contributed by atoms with Gasteiger partial charge in [0.05, 0.1) is 22.7 Å². The average molecular weight is 400 g/mol. The van der Waals surface area contributed by atoms with Crippen molar-refractivity contribution in [3.63, 3.8) is 0 Å². The van der Waals surface area contributed by atoms with Gasteiger partial charge in [-0.3, -0.25) is 4.79 Å². The second-order valence-electron chi connectivity index (χ2n) is 5.42. The minimum atomic E-state index is -0.694. The van der Waals surface area contributed by atoms with Crippen molar-refractivity contribution in [2.75, 3.05) is 20.8 Å². The first-order chi connectivity index (χ1) is 12.3. The van der Waals surface area contributed by atoms with E-state index in [4.69, 9.17) is 32.7 Å². The molecule has 1 amide bonds. The third-order valence-electron chi connectivity index (χ3n) is 3.54. The second-order valence-corrected chi connectivity index (χ2v) is 6.24. The lowest BCUT2D eigenvalue weighted by atomic mass is 10.2. The Morgan fingerprint density at radius 2 is 1.85 bits per heavy atom. The molecular formula is C18H16Cl2FNO4. The molecule has 0 aliphatic rings. The number of methoxy groups -OCH3 is 1. The van der Waals surface area contributed by atoms with Crippen molar-refractivity contribution in [3.8, 4) is 5.75 Å². The maximum atomic E-state index is 13.7. The number of carbonyl (C=O) groups excluding carboxylic acids is 2. The van der Waals surface area contributed by atoms with Gasteiger partial charge in [-0.1, -0.05) is 29.3 Å². The summed E-state index contributed by atoms with van der Waals surface area (Å²) in [5, 5.41) is 0.525. The van der Waals surface area contributed by atoms with Gasteiger partial charge in [-0.2, -0.15) is 0 Å². The summed E-state index contributed by atoms with van der Waals surface area (Å²) in [7, 11) is 2.90. The maximum absolute atomic E-state index is 13.7. The predicted octanol–water partition coefficient (Wildman–Crippen LogP) is 3.96. The molecule has 0 spiro atoms. The molecule has 0 bridgehead atoms. The molecule has 2 aromatic carbocycles. The van der Waals surface area contributed by atoms with E-state index in [1.165, 1.54) is 49.4 Å². The number of benzene rings is 2. The number of halogens is 3. The van der Waals surface area contributed by atoms with E-state index in [2.05, 4.69) is 0 Å². The maximum Gasteiger partial charge on any atom is 0.338 e. The summed E-state index contributed by atoms with van der Waals surface area (Å²) in [5.74, 6) is -1.52. The van der Waals surface area contributed by atoms with Crippen molar-refractivity contribution in [2.24, 2.45) is 0 Å². The van der Waals surface area contributed by atoms with Crippen molar-refractivity contribution >= 4 is 35.1 Å². The lowest BCUT2D eigenvalue weighted by molar-refractivity contribution is -0.133. The van der Waals surface area contributed by atoms with Gasteiger partial charge in [0.25, 0.3) is 5.91 Å². The van der Waals surface area contributed by atoms with Gasteiger partial charge < -0.3 is 14.4 Å². The first-order valence-corrected chi connectivity index (χ1v) is 8.26. The molecule has 0 heterocycles. The highest BCUT2D eigenvalue weighted by Gasteiger charge is 2.15. The molecule has 0 unspecified atom stereocenters. The van der Waals surface area contributed by atoms with E-state index in [1.54, 1.807) is 6.07 Å². The molecule has 2 aromatic rings. The monoisotopic (exact) mass is 399 g/mol. The van der Waals surface area contributed by atoms with Crippen molar-refractivity contribution in [2.45, 2.75) is 6.54 Å². The molecule has 0 saturated heterocycles. The van der Waals surface area contributed by atoms with Crippen molar-refractivity contribution in [1.82, 2.24) is 4.90 Å². The van der Waals surface area contributed by atoms with E-state index in [0.717, 1.165) is 0 Å². The number of likely N-dealkylation sites (N-methyl/N-ethyl adjacent to an activating group) is 1. The van der Waals surface area contributed by atoms with Crippen LogP contribution in [0.3, 0.4) is 0 Å². The van der Waals surface area contributed by atoms with Gasteiger partial charge >= 0.3 is 5.97 Å². The molecule has 0 N–H and O–H groups in total. The summed E-state index contributed by atoms with van der Waals surface area (Å²) in [6, 6.07) is 8.68. The number of hydrogen-bond donors (Lipinski definition) is 0. The highest BCUT2D eigenvalue weighted by molar-refractivity contribution is 6.42. The van der Waals surface area contributed by atoms with Gasteiger partial charge in [0, 0.05) is 13.6 Å². The molecule has 2 rings (SSSR count). The van der Waals surface area contributed by atoms with E-state index < -0.39 is 24.3 Å². The summed E-state index contributed by atoms with van der Waals surface area (Å²) in [4.78, 5) is 25.4. The second kappa shape index (κ2) is 8.87. The summed E-state index contributed by atoms with van der Waals surface area (Å²) in [6.45, 7) is -0.293. The fourth-order valence-corrected chi connectivity index (χ4v) is 2.41. The van der Waals surface area contributed by atoms with Crippen LogP contribution in [0.2, 0.25) is 10.0 Å². The normalized spacial score (nSPS) is 10.3. The molecule has 0 radical (unpaired) electrons. The summed E-state index contributed by atoms with van der Waals surface area (Å²) >= 11 is 11.6. The van der Waals surface area contributed by atoms with E-state index in [1.807, 2.05) is 0 Å². The van der Waals surface area contributed by atoms with Crippen molar-refractivity contribution in [3.05, 3.63) is 63.4 Å². The van der Waals surface area contributed by atoms with E-state index >= 15 is 0 Å². The van der Waals surface area contributed by atoms with Gasteiger partial charge in [-0.25, -0.2) is 9.18 Å². The molecule has 0 fully saturated rings. The number of rotatable bonds is 6. The van der Waals surface area contributed by atoms with E-state index in [-0.39, 0.29) is 22.9 Å². The molecule has 0 saturated carbocycles. The number of carbonyl (C=O) groups is 2. The fourth-order valence-electron chi connectivity index (χ4n) is 2.11. The van der Waals surface area contributed by atoms with Crippen LogP contribution in [-0.4, -0.2) is 37.5 Å². The van der Waals surface area contributed by atoms with Crippen LogP contribution < -0.4 is 4.74 Å². The number of hydrogen-bond acceptors (Lipinski definition) is 4. The van der Waals surface area contributed by atoms with E-state index in [9.17, 15) is 14.0 Å². The van der Waals surface area contributed by atoms with Crippen LogP contribution in [0.25, 0.3) is 0 Å². The van der Waals surface area contributed by atoms with Crippen LogP contribution in [0.15, 0.2) is 36.4 Å². The van der Waals surface area contributed by atoms with Crippen LogP contribution in [0.5, 0.6) is 5.75 Å². The molecular weight excluding hydrogens is 384 g/mol. The predicted molar refractivity (Wildman–Crippen MR) is 96.2 cm³/mol.